The van der Waals surface area contributed by atoms with Crippen molar-refractivity contribution in [1.29, 1.82) is 0 Å². The van der Waals surface area contributed by atoms with Gasteiger partial charge in [0, 0.05) is 12.1 Å². The molecule has 25 heavy (non-hydrogen) atoms. The lowest BCUT2D eigenvalue weighted by molar-refractivity contribution is -0.00430. The summed E-state index contributed by atoms with van der Waals surface area (Å²) in [6.07, 6.45) is 16.7. The Bertz CT molecular complexity index is 362. The maximum atomic E-state index is 12.6. The van der Waals surface area contributed by atoms with Gasteiger partial charge < -0.3 is 9.64 Å². The molecule has 0 aromatic rings. The topological polar surface area (TPSA) is 29.5 Å². The fourth-order valence-corrected chi connectivity index (χ4v) is 3.90. The Morgan fingerprint density at radius 2 is 1.52 bits per heavy atom. The van der Waals surface area contributed by atoms with Gasteiger partial charge in [-0.1, -0.05) is 64.7 Å². The second-order valence-electron chi connectivity index (χ2n) is 8.94. The first-order chi connectivity index (χ1) is 11.8. The number of carbonyl (C=O) groups is 1. The summed E-state index contributed by atoms with van der Waals surface area (Å²) < 4.78 is 5.66. The number of likely N-dealkylation sites (tertiary alicyclic amines) is 1. The fraction of sp³-hybridized carbons (Fsp3) is 0.955. The quantitative estimate of drug-likeness (QED) is 0.392. The molecule has 2 atom stereocenters. The third-order valence-electron chi connectivity index (χ3n) is 5.27. The predicted molar refractivity (Wildman–Crippen MR) is 107 cm³/mol. The normalized spacial score (nSPS) is 21.4. The minimum absolute atomic E-state index is 0.111. The summed E-state index contributed by atoms with van der Waals surface area (Å²) in [6, 6.07) is 0.690. The Morgan fingerprint density at radius 3 is 2.08 bits per heavy atom. The van der Waals surface area contributed by atoms with Gasteiger partial charge in [-0.05, 0) is 53.4 Å². The number of piperidine rings is 1. The lowest BCUT2D eigenvalue weighted by Gasteiger charge is -2.41. The molecule has 148 valence electrons. The lowest BCUT2D eigenvalue weighted by atomic mass is 9.93. The molecule has 1 amide bonds. The highest BCUT2D eigenvalue weighted by atomic mass is 16.6. The van der Waals surface area contributed by atoms with Gasteiger partial charge in [0.15, 0.2) is 0 Å². The van der Waals surface area contributed by atoms with Gasteiger partial charge >= 0.3 is 6.09 Å². The van der Waals surface area contributed by atoms with Crippen LogP contribution in [0.5, 0.6) is 0 Å². The Kier molecular flexibility index (Phi) is 10.5. The van der Waals surface area contributed by atoms with Crippen LogP contribution < -0.4 is 0 Å². The van der Waals surface area contributed by atoms with Crippen LogP contribution in [0, 0.1) is 0 Å². The SMILES string of the molecule is CCCCCCCCCCC[C@H]1CCC[C@H](C)N1C(=O)OC(C)(C)C. The van der Waals surface area contributed by atoms with Crippen molar-refractivity contribution in [2.45, 2.75) is 136 Å². The number of ether oxygens (including phenoxy) is 1. The van der Waals surface area contributed by atoms with Crippen LogP contribution in [0.25, 0.3) is 0 Å². The van der Waals surface area contributed by atoms with E-state index in [9.17, 15) is 4.79 Å². The van der Waals surface area contributed by atoms with Gasteiger partial charge in [-0.3, -0.25) is 0 Å². The standard InChI is InChI=1S/C22H43NO2/c1-6-7-8-9-10-11-12-13-14-17-20-18-15-16-19(2)23(20)21(24)25-22(3,4)5/h19-20H,6-18H2,1-5H3/t19-,20-/m0/s1. The van der Waals surface area contributed by atoms with Gasteiger partial charge in [-0.15, -0.1) is 0 Å². The highest BCUT2D eigenvalue weighted by Crippen LogP contribution is 2.28. The molecule has 3 nitrogen and oxygen atoms in total. The van der Waals surface area contributed by atoms with Crippen molar-refractivity contribution < 1.29 is 9.53 Å². The van der Waals surface area contributed by atoms with Crippen molar-refractivity contribution >= 4 is 6.09 Å². The number of amides is 1. The monoisotopic (exact) mass is 353 g/mol. The second-order valence-corrected chi connectivity index (χ2v) is 8.94. The minimum atomic E-state index is -0.406. The summed E-state index contributed by atoms with van der Waals surface area (Å²) in [5.74, 6) is 0. The number of hydrogen-bond donors (Lipinski definition) is 0. The first-order valence-electron chi connectivity index (χ1n) is 10.9. The van der Waals surface area contributed by atoms with Crippen LogP contribution in [0.4, 0.5) is 4.79 Å². The maximum Gasteiger partial charge on any atom is 0.410 e. The molecule has 1 rings (SSSR count). The Hall–Kier alpha value is -0.730. The minimum Gasteiger partial charge on any atom is -0.444 e. The third kappa shape index (κ3) is 9.51. The highest BCUT2D eigenvalue weighted by molar-refractivity contribution is 5.69. The largest absolute Gasteiger partial charge is 0.444 e. The molecule has 1 saturated heterocycles. The Labute approximate surface area is 156 Å². The average molecular weight is 354 g/mol. The smallest absolute Gasteiger partial charge is 0.410 e. The Morgan fingerprint density at radius 1 is 0.960 bits per heavy atom. The summed E-state index contributed by atoms with van der Waals surface area (Å²) in [5.41, 5.74) is -0.406. The summed E-state index contributed by atoms with van der Waals surface area (Å²) >= 11 is 0. The van der Waals surface area contributed by atoms with Crippen LogP contribution in [0.2, 0.25) is 0 Å². The zero-order chi connectivity index (χ0) is 18.7. The van der Waals surface area contributed by atoms with Gasteiger partial charge in [-0.25, -0.2) is 4.79 Å². The predicted octanol–water partition coefficient (Wildman–Crippen LogP) is 7.09. The van der Waals surface area contributed by atoms with Crippen molar-refractivity contribution in [3.63, 3.8) is 0 Å². The van der Waals surface area contributed by atoms with Gasteiger partial charge in [-0.2, -0.15) is 0 Å². The summed E-state index contributed by atoms with van der Waals surface area (Å²) in [7, 11) is 0. The van der Waals surface area contributed by atoms with Crippen LogP contribution in [-0.2, 0) is 4.74 Å². The van der Waals surface area contributed by atoms with E-state index < -0.39 is 5.60 Å². The number of hydrogen-bond acceptors (Lipinski definition) is 2. The molecule has 0 unspecified atom stereocenters. The molecule has 0 aliphatic carbocycles. The highest BCUT2D eigenvalue weighted by Gasteiger charge is 2.34. The zero-order valence-electron chi connectivity index (χ0n) is 17.6. The van der Waals surface area contributed by atoms with Gasteiger partial charge in [0.25, 0.3) is 0 Å². The van der Waals surface area contributed by atoms with E-state index in [0.29, 0.717) is 12.1 Å². The van der Waals surface area contributed by atoms with E-state index in [1.807, 2.05) is 25.7 Å². The van der Waals surface area contributed by atoms with Gasteiger partial charge in [0.2, 0.25) is 0 Å². The molecule has 0 aromatic heterocycles. The number of nitrogens with zero attached hydrogens (tertiary/aromatic N) is 1. The second kappa shape index (κ2) is 11.8. The molecule has 0 bridgehead atoms. The van der Waals surface area contributed by atoms with Crippen LogP contribution in [0.15, 0.2) is 0 Å². The van der Waals surface area contributed by atoms with Gasteiger partial charge in [0.1, 0.15) is 5.60 Å². The molecule has 1 aliphatic heterocycles. The van der Waals surface area contributed by atoms with E-state index in [2.05, 4.69) is 13.8 Å². The molecule has 3 heteroatoms. The van der Waals surface area contributed by atoms with Crippen LogP contribution in [0.3, 0.4) is 0 Å². The summed E-state index contributed by atoms with van der Waals surface area (Å²) in [4.78, 5) is 14.6. The Balaban J connectivity index is 2.28. The van der Waals surface area contributed by atoms with Crippen molar-refractivity contribution in [2.24, 2.45) is 0 Å². The lowest BCUT2D eigenvalue weighted by Crippen LogP contribution is -2.50. The molecule has 0 saturated carbocycles. The molecule has 0 aromatic carbocycles. The molecule has 0 spiro atoms. The van der Waals surface area contributed by atoms with E-state index in [1.165, 1.54) is 64.2 Å². The van der Waals surface area contributed by atoms with Crippen LogP contribution in [-0.4, -0.2) is 28.7 Å². The van der Waals surface area contributed by atoms with Crippen molar-refractivity contribution in [1.82, 2.24) is 4.90 Å². The van der Waals surface area contributed by atoms with E-state index in [4.69, 9.17) is 4.74 Å². The first kappa shape index (κ1) is 22.3. The van der Waals surface area contributed by atoms with Crippen LogP contribution in [0.1, 0.15) is 118 Å². The fourth-order valence-electron chi connectivity index (χ4n) is 3.90. The van der Waals surface area contributed by atoms with Gasteiger partial charge in [0.05, 0.1) is 0 Å². The van der Waals surface area contributed by atoms with Crippen molar-refractivity contribution in [2.75, 3.05) is 0 Å². The van der Waals surface area contributed by atoms with Crippen molar-refractivity contribution in [3.05, 3.63) is 0 Å². The average Bonchev–Trinajstić information content (AvgIpc) is 2.51. The van der Waals surface area contributed by atoms with E-state index in [0.717, 1.165) is 19.3 Å². The number of carbonyl (C=O) groups excluding carboxylic acids is 1. The molecule has 1 heterocycles. The molecule has 1 aliphatic rings. The van der Waals surface area contributed by atoms with E-state index in [1.54, 1.807) is 0 Å². The first-order valence-corrected chi connectivity index (χ1v) is 10.9. The third-order valence-corrected chi connectivity index (χ3v) is 5.27. The molecule has 0 N–H and O–H groups in total. The molecule has 0 radical (unpaired) electrons. The van der Waals surface area contributed by atoms with E-state index >= 15 is 0 Å². The molecular formula is C22H43NO2. The summed E-state index contributed by atoms with van der Waals surface area (Å²) in [6.45, 7) is 10.3. The van der Waals surface area contributed by atoms with Crippen molar-refractivity contribution in [3.8, 4) is 0 Å². The molecule has 1 fully saturated rings. The number of rotatable bonds is 10. The zero-order valence-corrected chi connectivity index (χ0v) is 17.6. The maximum absolute atomic E-state index is 12.6. The molecular weight excluding hydrogens is 310 g/mol. The van der Waals surface area contributed by atoms with E-state index in [-0.39, 0.29) is 6.09 Å². The summed E-state index contributed by atoms with van der Waals surface area (Å²) in [5, 5.41) is 0. The van der Waals surface area contributed by atoms with Crippen LogP contribution >= 0.6 is 0 Å². The number of unbranched alkanes of at least 4 members (excludes halogenated alkanes) is 8.